The number of rotatable bonds is 6. The van der Waals surface area contributed by atoms with E-state index in [9.17, 15) is 0 Å². The van der Waals surface area contributed by atoms with E-state index in [1.54, 1.807) is 11.3 Å². The number of ether oxygens (including phenoxy) is 1. The molecule has 1 atom stereocenters. The molecule has 4 heteroatoms. The van der Waals surface area contributed by atoms with Crippen LogP contribution >= 0.6 is 22.9 Å². The third kappa shape index (κ3) is 3.58. The fourth-order valence-electron chi connectivity index (χ4n) is 1.24. The summed E-state index contributed by atoms with van der Waals surface area (Å²) >= 11 is 7.50. The average molecular weight is 234 g/mol. The van der Waals surface area contributed by atoms with Crippen molar-refractivity contribution >= 4 is 22.9 Å². The molecule has 0 fully saturated rings. The molecule has 1 rings (SSSR count). The first-order valence-electron chi connectivity index (χ1n) is 4.84. The molecular formula is C10H16ClNOS. The summed E-state index contributed by atoms with van der Waals surface area (Å²) in [6.07, 6.45) is 0. The maximum atomic E-state index is 5.89. The second-order valence-corrected chi connectivity index (χ2v) is 4.66. The summed E-state index contributed by atoms with van der Waals surface area (Å²) in [6.45, 7) is 6.49. The molecule has 2 nitrogen and oxygen atoms in total. The van der Waals surface area contributed by atoms with Crippen molar-refractivity contribution in [2.24, 2.45) is 0 Å². The van der Waals surface area contributed by atoms with E-state index in [-0.39, 0.29) is 6.04 Å². The third-order valence-electron chi connectivity index (χ3n) is 1.88. The van der Waals surface area contributed by atoms with Crippen LogP contribution in [0.5, 0.6) is 0 Å². The smallest absolute Gasteiger partial charge is 0.0931 e. The summed E-state index contributed by atoms with van der Waals surface area (Å²) in [6, 6.07) is 4.26. The Kier molecular flexibility index (Phi) is 5.48. The quantitative estimate of drug-likeness (QED) is 0.816. The van der Waals surface area contributed by atoms with Gasteiger partial charge in [-0.3, -0.25) is 0 Å². The first kappa shape index (κ1) is 12.0. The minimum Gasteiger partial charge on any atom is -0.380 e. The predicted octanol–water partition coefficient (Wildman–Crippen LogP) is 3.09. The van der Waals surface area contributed by atoms with Crippen LogP contribution in [-0.4, -0.2) is 19.8 Å². The van der Waals surface area contributed by atoms with E-state index in [4.69, 9.17) is 16.3 Å². The van der Waals surface area contributed by atoms with E-state index in [0.717, 1.165) is 17.5 Å². The van der Waals surface area contributed by atoms with Gasteiger partial charge in [-0.1, -0.05) is 18.5 Å². The van der Waals surface area contributed by atoms with Crippen LogP contribution in [0, 0.1) is 0 Å². The molecule has 14 heavy (non-hydrogen) atoms. The summed E-state index contributed by atoms with van der Waals surface area (Å²) in [7, 11) is 0. The van der Waals surface area contributed by atoms with Gasteiger partial charge in [-0.2, -0.15) is 0 Å². The van der Waals surface area contributed by atoms with Crippen molar-refractivity contribution in [2.45, 2.75) is 19.9 Å². The van der Waals surface area contributed by atoms with Gasteiger partial charge in [0, 0.05) is 11.5 Å². The highest BCUT2D eigenvalue weighted by atomic mass is 35.5. The molecular weight excluding hydrogens is 218 g/mol. The molecule has 0 radical (unpaired) electrons. The van der Waals surface area contributed by atoms with Crippen LogP contribution < -0.4 is 5.32 Å². The molecule has 1 unspecified atom stereocenters. The van der Waals surface area contributed by atoms with Crippen LogP contribution in [0.1, 0.15) is 24.8 Å². The zero-order chi connectivity index (χ0) is 10.4. The predicted molar refractivity (Wildman–Crippen MR) is 62.2 cm³/mol. The van der Waals surface area contributed by atoms with Crippen LogP contribution in [0.15, 0.2) is 12.1 Å². The molecule has 0 amide bonds. The van der Waals surface area contributed by atoms with Gasteiger partial charge in [-0.25, -0.2) is 0 Å². The fourth-order valence-corrected chi connectivity index (χ4v) is 2.36. The molecule has 80 valence electrons. The Bertz CT molecular complexity index is 264. The van der Waals surface area contributed by atoms with Gasteiger partial charge in [0.2, 0.25) is 0 Å². The van der Waals surface area contributed by atoms with Gasteiger partial charge in [-0.15, -0.1) is 11.3 Å². The highest BCUT2D eigenvalue weighted by Gasteiger charge is 2.12. The molecule has 1 aromatic rings. The number of hydrogen-bond acceptors (Lipinski definition) is 3. The largest absolute Gasteiger partial charge is 0.380 e. The van der Waals surface area contributed by atoms with Crippen LogP contribution in [-0.2, 0) is 4.74 Å². The van der Waals surface area contributed by atoms with E-state index in [1.807, 2.05) is 13.0 Å². The van der Waals surface area contributed by atoms with Crippen molar-refractivity contribution in [1.29, 1.82) is 0 Å². The van der Waals surface area contributed by atoms with Crippen molar-refractivity contribution in [3.8, 4) is 0 Å². The van der Waals surface area contributed by atoms with Crippen molar-refractivity contribution in [3.63, 3.8) is 0 Å². The van der Waals surface area contributed by atoms with E-state index in [2.05, 4.69) is 18.3 Å². The Morgan fingerprint density at radius 1 is 1.50 bits per heavy atom. The van der Waals surface area contributed by atoms with Crippen LogP contribution in [0.4, 0.5) is 0 Å². The monoisotopic (exact) mass is 233 g/mol. The molecule has 1 heterocycles. The lowest BCUT2D eigenvalue weighted by atomic mass is 10.2. The summed E-state index contributed by atoms with van der Waals surface area (Å²) < 4.78 is 6.25. The minimum absolute atomic E-state index is 0.275. The SMILES string of the molecule is CCNC(COCC)c1ccc(Cl)s1. The fraction of sp³-hybridized carbons (Fsp3) is 0.600. The molecule has 1 aromatic heterocycles. The normalized spacial score (nSPS) is 13.1. The van der Waals surface area contributed by atoms with Crippen molar-refractivity contribution < 1.29 is 4.74 Å². The summed E-state index contributed by atoms with van der Waals surface area (Å²) in [5.74, 6) is 0. The van der Waals surface area contributed by atoms with E-state index in [0.29, 0.717) is 6.61 Å². The topological polar surface area (TPSA) is 21.3 Å². The number of thiophene rings is 1. The van der Waals surface area contributed by atoms with Gasteiger partial charge < -0.3 is 10.1 Å². The lowest BCUT2D eigenvalue weighted by molar-refractivity contribution is 0.124. The van der Waals surface area contributed by atoms with Gasteiger partial charge in [0.15, 0.2) is 0 Å². The Morgan fingerprint density at radius 3 is 2.79 bits per heavy atom. The van der Waals surface area contributed by atoms with Gasteiger partial charge in [-0.05, 0) is 25.6 Å². The molecule has 1 N–H and O–H groups in total. The summed E-state index contributed by atoms with van der Waals surface area (Å²) in [5, 5.41) is 3.37. The van der Waals surface area contributed by atoms with Crippen molar-refractivity contribution in [1.82, 2.24) is 5.32 Å². The Hall–Kier alpha value is -0.0900. The molecule has 0 bridgehead atoms. The molecule has 0 aliphatic carbocycles. The number of likely N-dealkylation sites (N-methyl/N-ethyl adjacent to an activating group) is 1. The van der Waals surface area contributed by atoms with Gasteiger partial charge in [0.05, 0.1) is 17.0 Å². The van der Waals surface area contributed by atoms with Crippen LogP contribution in [0.3, 0.4) is 0 Å². The van der Waals surface area contributed by atoms with Crippen molar-refractivity contribution in [3.05, 3.63) is 21.3 Å². The molecule has 0 saturated carbocycles. The first-order chi connectivity index (χ1) is 6.77. The second kappa shape index (κ2) is 6.40. The molecule has 0 aliphatic heterocycles. The maximum absolute atomic E-state index is 5.89. The number of nitrogens with one attached hydrogen (secondary N) is 1. The second-order valence-electron chi connectivity index (χ2n) is 2.91. The molecule has 0 aliphatic rings. The lowest BCUT2D eigenvalue weighted by Crippen LogP contribution is -2.24. The number of hydrogen-bond donors (Lipinski definition) is 1. The first-order valence-corrected chi connectivity index (χ1v) is 6.03. The van der Waals surface area contributed by atoms with E-state index in [1.165, 1.54) is 4.88 Å². The minimum atomic E-state index is 0.275. The van der Waals surface area contributed by atoms with E-state index < -0.39 is 0 Å². The highest BCUT2D eigenvalue weighted by molar-refractivity contribution is 7.16. The zero-order valence-electron chi connectivity index (χ0n) is 8.55. The molecule has 0 saturated heterocycles. The molecule has 0 aromatic carbocycles. The summed E-state index contributed by atoms with van der Waals surface area (Å²) in [4.78, 5) is 1.24. The lowest BCUT2D eigenvalue weighted by Gasteiger charge is -2.15. The average Bonchev–Trinajstić information content (AvgIpc) is 2.59. The van der Waals surface area contributed by atoms with E-state index >= 15 is 0 Å². The van der Waals surface area contributed by atoms with Gasteiger partial charge in [0.1, 0.15) is 0 Å². The highest BCUT2D eigenvalue weighted by Crippen LogP contribution is 2.26. The van der Waals surface area contributed by atoms with Gasteiger partial charge in [0.25, 0.3) is 0 Å². The Balaban J connectivity index is 2.57. The van der Waals surface area contributed by atoms with Crippen molar-refractivity contribution in [2.75, 3.05) is 19.8 Å². The zero-order valence-corrected chi connectivity index (χ0v) is 10.1. The van der Waals surface area contributed by atoms with Gasteiger partial charge >= 0.3 is 0 Å². The van der Waals surface area contributed by atoms with Crippen LogP contribution in [0.2, 0.25) is 4.34 Å². The Morgan fingerprint density at radius 2 is 2.29 bits per heavy atom. The standard InChI is InChI=1S/C10H16ClNOS/c1-3-12-8(7-13-4-2)9-5-6-10(11)14-9/h5-6,8,12H,3-4,7H2,1-2H3. The molecule has 0 spiro atoms. The maximum Gasteiger partial charge on any atom is 0.0931 e. The summed E-state index contributed by atoms with van der Waals surface area (Å²) in [5.41, 5.74) is 0. The third-order valence-corrected chi connectivity index (χ3v) is 3.22. The Labute approximate surface area is 94.2 Å². The van der Waals surface area contributed by atoms with Crippen LogP contribution in [0.25, 0.3) is 0 Å². The number of halogens is 1.